The van der Waals surface area contributed by atoms with E-state index in [0.717, 1.165) is 12.1 Å². The highest BCUT2D eigenvalue weighted by Gasteiger charge is 2.22. The number of aromatic carboxylic acids is 1. The van der Waals surface area contributed by atoms with E-state index in [1.165, 1.54) is 12.4 Å². The van der Waals surface area contributed by atoms with Crippen molar-refractivity contribution < 1.29 is 24.1 Å². The van der Waals surface area contributed by atoms with Crippen molar-refractivity contribution in [3.05, 3.63) is 76.0 Å². The van der Waals surface area contributed by atoms with Crippen molar-refractivity contribution in [1.82, 2.24) is 4.98 Å². The van der Waals surface area contributed by atoms with Crippen LogP contribution in [0.25, 0.3) is 0 Å². The second-order valence-electron chi connectivity index (χ2n) is 7.46. The van der Waals surface area contributed by atoms with Crippen LogP contribution in [-0.2, 0) is 11.3 Å². The van der Waals surface area contributed by atoms with Crippen LogP contribution < -0.4 is 14.4 Å². The molecule has 0 radical (unpaired) electrons. The van der Waals surface area contributed by atoms with Gasteiger partial charge >= 0.3 is 5.97 Å². The summed E-state index contributed by atoms with van der Waals surface area (Å²) in [6.45, 7) is 1.45. The number of hydrogen-bond acceptors (Lipinski definition) is 6. The van der Waals surface area contributed by atoms with Crippen LogP contribution in [0.15, 0.2) is 54.9 Å². The molecule has 1 aromatic heterocycles. The van der Waals surface area contributed by atoms with Gasteiger partial charge in [-0.05, 0) is 30.3 Å². The van der Waals surface area contributed by atoms with E-state index in [-0.39, 0.29) is 18.2 Å². The Labute approximate surface area is 201 Å². The minimum atomic E-state index is -1.02. The van der Waals surface area contributed by atoms with E-state index in [0.29, 0.717) is 46.0 Å². The van der Waals surface area contributed by atoms with Gasteiger partial charge in [0, 0.05) is 41.8 Å². The Morgan fingerprint density at radius 1 is 1.15 bits per heavy atom. The van der Waals surface area contributed by atoms with Gasteiger partial charge in [-0.25, -0.2) is 4.79 Å². The zero-order valence-corrected chi connectivity index (χ0v) is 19.3. The van der Waals surface area contributed by atoms with Crippen LogP contribution in [0.5, 0.6) is 11.5 Å². The van der Waals surface area contributed by atoms with Gasteiger partial charge in [0.05, 0.1) is 42.5 Å². The normalized spacial score (nSPS) is 15.3. The fourth-order valence-corrected chi connectivity index (χ4v) is 4.08. The molecular weight excluding hydrogens is 467 g/mol. The summed E-state index contributed by atoms with van der Waals surface area (Å²) in [5.74, 6) is 0.137. The Hall–Kier alpha value is -3.00. The molecule has 0 bridgehead atoms. The molecule has 3 aromatic rings. The number of methoxy groups -OCH3 is 1. The number of hydrogen-bond donors (Lipinski definition) is 1. The van der Waals surface area contributed by atoms with E-state index in [1.807, 2.05) is 29.2 Å². The van der Waals surface area contributed by atoms with Crippen LogP contribution in [0, 0.1) is 0 Å². The van der Waals surface area contributed by atoms with Gasteiger partial charge in [0.1, 0.15) is 6.10 Å². The molecule has 0 saturated carbocycles. The fraction of sp³-hybridized carbons (Fsp3) is 0.250. The van der Waals surface area contributed by atoms with Crippen molar-refractivity contribution in [2.24, 2.45) is 0 Å². The molecule has 1 aliphatic rings. The molecule has 1 fully saturated rings. The molecule has 172 valence electrons. The van der Waals surface area contributed by atoms with Gasteiger partial charge in [0.25, 0.3) is 0 Å². The fourth-order valence-electron chi connectivity index (χ4n) is 3.60. The van der Waals surface area contributed by atoms with E-state index < -0.39 is 5.97 Å². The first-order chi connectivity index (χ1) is 16.0. The number of benzene rings is 2. The van der Waals surface area contributed by atoms with Crippen molar-refractivity contribution in [1.29, 1.82) is 0 Å². The predicted octanol–water partition coefficient (Wildman–Crippen LogP) is 5.60. The van der Waals surface area contributed by atoms with Crippen LogP contribution in [0.1, 0.15) is 22.3 Å². The summed E-state index contributed by atoms with van der Waals surface area (Å²) < 4.78 is 17.1. The second kappa shape index (κ2) is 10.3. The third-order valence-electron chi connectivity index (χ3n) is 5.31. The number of ether oxygens (including phenoxy) is 3. The zero-order chi connectivity index (χ0) is 23.4. The minimum Gasteiger partial charge on any atom is -0.493 e. The van der Waals surface area contributed by atoms with Crippen LogP contribution in [0.2, 0.25) is 10.0 Å². The summed E-state index contributed by atoms with van der Waals surface area (Å²) in [6, 6.07) is 12.2. The Balaban J connectivity index is 1.78. The quantitative estimate of drug-likeness (QED) is 0.441. The molecule has 2 aromatic carbocycles. The third-order valence-corrected chi connectivity index (χ3v) is 5.97. The van der Waals surface area contributed by atoms with E-state index in [1.54, 1.807) is 25.3 Å². The summed E-state index contributed by atoms with van der Waals surface area (Å²) in [5.41, 5.74) is 2.23. The number of halogens is 2. The molecule has 1 aliphatic heterocycles. The molecule has 0 unspecified atom stereocenters. The van der Waals surface area contributed by atoms with Crippen molar-refractivity contribution in [3.63, 3.8) is 0 Å². The number of aromatic nitrogens is 1. The lowest BCUT2D eigenvalue weighted by Crippen LogP contribution is -2.19. The van der Waals surface area contributed by atoms with E-state index >= 15 is 0 Å². The molecule has 33 heavy (non-hydrogen) atoms. The van der Waals surface area contributed by atoms with Crippen molar-refractivity contribution >= 4 is 40.5 Å². The lowest BCUT2D eigenvalue weighted by atomic mass is 10.1. The van der Waals surface area contributed by atoms with Gasteiger partial charge in [-0.2, -0.15) is 0 Å². The first-order valence-electron chi connectivity index (χ1n) is 10.3. The molecule has 4 rings (SSSR count). The van der Waals surface area contributed by atoms with E-state index in [4.69, 9.17) is 37.4 Å². The number of carboxylic acids is 1. The lowest BCUT2D eigenvalue weighted by molar-refractivity contribution is 0.0697. The molecular formula is C24H22Cl2N2O5. The number of nitrogens with zero attached hydrogens (tertiary/aromatic N) is 2. The van der Waals surface area contributed by atoms with E-state index in [9.17, 15) is 9.90 Å². The number of anilines is 2. The maximum atomic E-state index is 11.6. The molecule has 0 amide bonds. The highest BCUT2D eigenvalue weighted by atomic mass is 35.5. The van der Waals surface area contributed by atoms with Gasteiger partial charge in [0.15, 0.2) is 11.5 Å². The van der Waals surface area contributed by atoms with Gasteiger partial charge in [0.2, 0.25) is 0 Å². The molecule has 1 N–H and O–H groups in total. The van der Waals surface area contributed by atoms with Gasteiger partial charge in [-0.3, -0.25) is 4.98 Å². The molecule has 7 nitrogen and oxygen atoms in total. The van der Waals surface area contributed by atoms with Crippen molar-refractivity contribution in [2.45, 2.75) is 19.1 Å². The third kappa shape index (κ3) is 5.33. The van der Waals surface area contributed by atoms with Crippen LogP contribution >= 0.6 is 23.2 Å². The summed E-state index contributed by atoms with van der Waals surface area (Å²) in [5, 5.41) is 10.3. The number of pyridine rings is 1. The zero-order valence-electron chi connectivity index (χ0n) is 17.8. The molecule has 9 heteroatoms. The Morgan fingerprint density at radius 3 is 2.58 bits per heavy atom. The molecule has 0 aliphatic carbocycles. The predicted molar refractivity (Wildman–Crippen MR) is 126 cm³/mol. The monoisotopic (exact) mass is 488 g/mol. The average molecular weight is 489 g/mol. The second-order valence-corrected chi connectivity index (χ2v) is 8.28. The van der Waals surface area contributed by atoms with Gasteiger partial charge in [-0.15, -0.1) is 0 Å². The first kappa shape index (κ1) is 23.2. The lowest BCUT2D eigenvalue weighted by Gasteiger charge is -2.27. The Bertz CT molecular complexity index is 1130. The van der Waals surface area contributed by atoms with Crippen LogP contribution in [-0.4, -0.2) is 42.5 Å². The van der Waals surface area contributed by atoms with Crippen LogP contribution in [0.4, 0.5) is 11.4 Å². The summed E-state index contributed by atoms with van der Waals surface area (Å²) >= 11 is 12.8. The topological polar surface area (TPSA) is 81.1 Å². The average Bonchev–Trinajstić information content (AvgIpc) is 3.32. The summed E-state index contributed by atoms with van der Waals surface area (Å²) in [6.07, 6.45) is 3.77. The molecule has 0 spiro atoms. The number of carbonyl (C=O) groups is 1. The maximum absolute atomic E-state index is 11.6. The van der Waals surface area contributed by atoms with Crippen molar-refractivity contribution in [3.8, 4) is 11.5 Å². The van der Waals surface area contributed by atoms with E-state index in [2.05, 4.69) is 4.98 Å². The molecule has 1 atom stereocenters. The van der Waals surface area contributed by atoms with Gasteiger partial charge in [-0.1, -0.05) is 29.3 Å². The molecule has 2 heterocycles. The SMILES string of the molecule is COc1ccc(N(Cc2c(Cl)cncc2Cl)c2cccc(C(=O)O)c2)cc1O[C@@H]1CCOC1. The van der Waals surface area contributed by atoms with Crippen molar-refractivity contribution in [2.75, 3.05) is 25.2 Å². The van der Waals surface area contributed by atoms with Crippen LogP contribution in [0.3, 0.4) is 0 Å². The standard InChI is InChI=1S/C24H22Cl2N2O5/c1-31-22-6-5-17(10-23(22)33-18-7-8-32-14-18)28(13-19-20(25)11-27-12-21(19)26)16-4-2-3-15(9-16)24(29)30/h2-6,9-12,18H,7-8,13-14H2,1H3,(H,29,30)/t18-/m1/s1. The first-order valence-corrected chi connectivity index (χ1v) is 11.0. The number of carboxylic acid groups (broad SMARTS) is 1. The Morgan fingerprint density at radius 2 is 1.91 bits per heavy atom. The van der Waals surface area contributed by atoms with Gasteiger partial charge < -0.3 is 24.2 Å². The molecule has 1 saturated heterocycles. The minimum absolute atomic E-state index is 0.0676. The largest absolute Gasteiger partial charge is 0.493 e. The summed E-state index contributed by atoms with van der Waals surface area (Å²) in [7, 11) is 1.58. The maximum Gasteiger partial charge on any atom is 0.335 e. The summed E-state index contributed by atoms with van der Waals surface area (Å²) in [4.78, 5) is 17.5. The Kier molecular flexibility index (Phi) is 7.23. The number of rotatable bonds is 8. The highest BCUT2D eigenvalue weighted by molar-refractivity contribution is 6.35. The smallest absolute Gasteiger partial charge is 0.335 e. The highest BCUT2D eigenvalue weighted by Crippen LogP contribution is 2.38.